The maximum absolute atomic E-state index is 5.96. The molecule has 0 amide bonds. The number of rotatable bonds is 15. The van der Waals surface area contributed by atoms with Crippen LogP contribution in [0.3, 0.4) is 0 Å². The lowest BCUT2D eigenvalue weighted by Crippen LogP contribution is -1.98. The van der Waals surface area contributed by atoms with Gasteiger partial charge >= 0.3 is 0 Å². The summed E-state index contributed by atoms with van der Waals surface area (Å²) in [5.41, 5.74) is -2.09. The van der Waals surface area contributed by atoms with Crippen LogP contribution in [0.4, 0.5) is 0 Å². The second-order valence-corrected chi connectivity index (χ2v) is 11.5. The van der Waals surface area contributed by atoms with Crippen molar-refractivity contribution >= 4 is 28.9 Å². The Morgan fingerprint density at radius 1 is 0.750 bits per heavy atom. The van der Waals surface area contributed by atoms with E-state index in [1.165, 1.54) is 44.9 Å². The van der Waals surface area contributed by atoms with E-state index < -0.39 is 5.69 Å². The average molecular weight is 341 g/mol. The zero-order chi connectivity index (χ0) is 15.1. The van der Waals surface area contributed by atoms with Gasteiger partial charge in [-0.25, -0.2) is 0 Å². The van der Waals surface area contributed by atoms with Crippen LogP contribution in [0, 0.1) is 0 Å². The van der Waals surface area contributed by atoms with E-state index in [2.05, 4.69) is 20.8 Å². The van der Waals surface area contributed by atoms with Crippen LogP contribution in [0.5, 0.6) is 0 Å². The minimum Gasteiger partial charge on any atom is -0.322 e. The van der Waals surface area contributed by atoms with Crippen molar-refractivity contribution in [1.82, 2.24) is 0 Å². The van der Waals surface area contributed by atoms with Gasteiger partial charge in [-0.15, -0.1) is 0 Å². The van der Waals surface area contributed by atoms with Gasteiger partial charge in [-0.3, -0.25) is 0 Å². The van der Waals surface area contributed by atoms with Crippen LogP contribution in [0.15, 0.2) is 0 Å². The molecule has 0 fully saturated rings. The summed E-state index contributed by atoms with van der Waals surface area (Å²) in [5.74, 6) is 1.08. The summed E-state index contributed by atoms with van der Waals surface area (Å²) in [5, 5.41) is 0. The predicted octanol–water partition coefficient (Wildman–Crippen LogP) is 6.55. The molecule has 5 heteroatoms. The minimum atomic E-state index is -2.09. The number of hydrogen-bond donors (Lipinski definition) is 0. The van der Waals surface area contributed by atoms with Gasteiger partial charge in [-0.2, -0.15) is 0 Å². The fraction of sp³-hybridized carbons (Fsp3) is 1.00. The topological polar surface area (TPSA) is 18.5 Å². The zero-order valence-electron chi connectivity index (χ0n) is 13.6. The van der Waals surface area contributed by atoms with Crippen molar-refractivity contribution in [3.05, 3.63) is 0 Å². The highest BCUT2D eigenvalue weighted by Gasteiger charge is 2.19. The van der Waals surface area contributed by atoms with E-state index in [0.29, 0.717) is 0 Å². The molecular weight excluding hydrogens is 307 g/mol. The van der Waals surface area contributed by atoms with Crippen LogP contribution in [0.1, 0.15) is 78.6 Å². The lowest BCUT2D eigenvalue weighted by atomic mass is 10.3. The third-order valence-electron chi connectivity index (χ3n) is 2.99. The van der Waals surface area contributed by atoms with Crippen molar-refractivity contribution in [2.45, 2.75) is 78.6 Å². The molecule has 0 spiro atoms. The van der Waals surface area contributed by atoms with Crippen molar-refractivity contribution in [2.75, 3.05) is 19.0 Å². The molecule has 20 heavy (non-hydrogen) atoms. The van der Waals surface area contributed by atoms with Crippen LogP contribution in [0.25, 0.3) is 0 Å². The molecule has 0 unspecified atom stereocenters. The standard InChI is InChI=1S/C15H33O2PS2/c1-4-7-10-13-16-18(19,17-14-11-8-5-2)20-15-12-9-6-3/h4-15H2,1-3H3. The first-order valence-corrected chi connectivity index (χ1v) is 12.4. The quantitative estimate of drug-likeness (QED) is 0.248. The van der Waals surface area contributed by atoms with Crippen molar-refractivity contribution in [1.29, 1.82) is 0 Å². The Bertz CT molecular complexity index is 212. The summed E-state index contributed by atoms with van der Waals surface area (Å²) in [4.78, 5) is 0. The first-order chi connectivity index (χ1) is 9.68. The Morgan fingerprint density at radius 2 is 1.20 bits per heavy atom. The van der Waals surface area contributed by atoms with Crippen molar-refractivity contribution < 1.29 is 9.05 Å². The van der Waals surface area contributed by atoms with E-state index in [9.17, 15) is 0 Å². The van der Waals surface area contributed by atoms with Gasteiger partial charge in [0.1, 0.15) is 0 Å². The van der Waals surface area contributed by atoms with Gasteiger partial charge in [0.25, 0.3) is 0 Å². The molecule has 0 atom stereocenters. The summed E-state index contributed by atoms with van der Waals surface area (Å²) < 4.78 is 11.9. The maximum atomic E-state index is 5.96. The predicted molar refractivity (Wildman–Crippen MR) is 97.2 cm³/mol. The lowest BCUT2D eigenvalue weighted by molar-refractivity contribution is 0.250. The van der Waals surface area contributed by atoms with Gasteiger partial charge in [-0.05, 0) is 31.1 Å². The highest BCUT2D eigenvalue weighted by Crippen LogP contribution is 2.61. The Morgan fingerprint density at radius 3 is 1.65 bits per heavy atom. The fourth-order valence-electron chi connectivity index (χ4n) is 1.70. The SMILES string of the molecule is CCCCCOP(=S)(OCCCCC)SCCCCC. The second-order valence-electron chi connectivity index (χ2n) is 5.07. The molecule has 122 valence electrons. The van der Waals surface area contributed by atoms with Gasteiger partial charge in [0.05, 0.1) is 13.2 Å². The van der Waals surface area contributed by atoms with E-state index >= 15 is 0 Å². The van der Waals surface area contributed by atoms with E-state index in [0.717, 1.165) is 31.8 Å². The van der Waals surface area contributed by atoms with E-state index in [1.807, 2.05) is 0 Å². The van der Waals surface area contributed by atoms with Crippen LogP contribution in [-0.2, 0) is 20.9 Å². The molecule has 0 bridgehead atoms. The molecule has 0 radical (unpaired) electrons. The van der Waals surface area contributed by atoms with Crippen molar-refractivity contribution in [3.63, 3.8) is 0 Å². The summed E-state index contributed by atoms with van der Waals surface area (Å²) in [7, 11) is 0. The normalized spacial score (nSPS) is 11.9. The molecule has 0 aliphatic rings. The molecule has 0 aromatic heterocycles. The van der Waals surface area contributed by atoms with Crippen LogP contribution in [0.2, 0.25) is 0 Å². The largest absolute Gasteiger partial charge is 0.322 e. The molecule has 0 aromatic carbocycles. The van der Waals surface area contributed by atoms with Crippen molar-refractivity contribution in [3.8, 4) is 0 Å². The van der Waals surface area contributed by atoms with E-state index in [1.54, 1.807) is 11.4 Å². The van der Waals surface area contributed by atoms with Gasteiger partial charge < -0.3 is 9.05 Å². The van der Waals surface area contributed by atoms with E-state index in [-0.39, 0.29) is 0 Å². The number of hydrogen-bond acceptors (Lipinski definition) is 4. The van der Waals surface area contributed by atoms with Gasteiger partial charge in [0, 0.05) is 5.75 Å². The highest BCUT2D eigenvalue weighted by molar-refractivity contribution is 8.67. The highest BCUT2D eigenvalue weighted by atomic mass is 32.9. The molecule has 0 heterocycles. The van der Waals surface area contributed by atoms with E-state index in [4.69, 9.17) is 20.9 Å². The summed E-state index contributed by atoms with van der Waals surface area (Å²) >= 11 is 7.44. The van der Waals surface area contributed by atoms with Crippen LogP contribution >= 0.6 is 17.1 Å². The zero-order valence-corrected chi connectivity index (χ0v) is 16.1. The third kappa shape index (κ3) is 12.6. The average Bonchev–Trinajstić information content (AvgIpc) is 2.45. The molecule has 0 aliphatic heterocycles. The molecule has 0 saturated carbocycles. The van der Waals surface area contributed by atoms with Gasteiger partial charge in [-0.1, -0.05) is 70.7 Å². The van der Waals surface area contributed by atoms with Gasteiger partial charge in [0.15, 0.2) is 0 Å². The Kier molecular flexibility index (Phi) is 15.5. The summed E-state index contributed by atoms with van der Waals surface area (Å²) in [6.07, 6.45) is 10.8. The third-order valence-corrected chi connectivity index (χ3v) is 8.49. The molecule has 0 aliphatic carbocycles. The summed E-state index contributed by atoms with van der Waals surface area (Å²) in [6, 6.07) is 0. The smallest absolute Gasteiger partial charge is 0.247 e. The second kappa shape index (κ2) is 14.8. The lowest BCUT2D eigenvalue weighted by Gasteiger charge is -2.21. The van der Waals surface area contributed by atoms with Crippen molar-refractivity contribution in [2.24, 2.45) is 0 Å². The fourth-order valence-corrected chi connectivity index (χ4v) is 6.25. The molecule has 0 aromatic rings. The first-order valence-electron chi connectivity index (χ1n) is 8.22. The molecule has 2 nitrogen and oxygen atoms in total. The Labute approximate surface area is 135 Å². The molecule has 0 rings (SSSR count). The van der Waals surface area contributed by atoms with Gasteiger partial charge in [0.2, 0.25) is 5.69 Å². The maximum Gasteiger partial charge on any atom is 0.247 e. The minimum absolute atomic E-state index is 0.764. The summed E-state index contributed by atoms with van der Waals surface area (Å²) in [6.45, 7) is 8.16. The van der Waals surface area contributed by atoms with Crippen LogP contribution < -0.4 is 0 Å². The molecule has 0 saturated heterocycles. The Hall–Kier alpha value is 0.920. The monoisotopic (exact) mass is 340 g/mol. The van der Waals surface area contributed by atoms with Crippen LogP contribution in [-0.4, -0.2) is 19.0 Å². The molecule has 0 N–H and O–H groups in total. The number of unbranched alkanes of at least 4 members (excludes halogenated alkanes) is 6. The molecular formula is C15H33O2PS2. The first kappa shape index (κ1) is 20.9. The Balaban J connectivity index is 4.02.